The van der Waals surface area contributed by atoms with Crippen LogP contribution in [0.2, 0.25) is 0 Å². The van der Waals surface area contributed by atoms with Crippen molar-refractivity contribution in [3.63, 3.8) is 0 Å². The summed E-state index contributed by atoms with van der Waals surface area (Å²) in [6, 6.07) is 4.19. The van der Waals surface area contributed by atoms with E-state index in [0.29, 0.717) is 6.54 Å². The minimum Gasteiger partial charge on any atom is -0.374 e. The zero-order valence-corrected chi connectivity index (χ0v) is 9.06. The molecule has 1 heterocycles. The molecule has 0 bridgehead atoms. The van der Waals surface area contributed by atoms with Crippen LogP contribution in [0.25, 0.3) is 0 Å². The van der Waals surface area contributed by atoms with Gasteiger partial charge in [-0.15, -0.1) is 11.3 Å². The fraction of sp³-hybridized carbons (Fsp3) is 0.600. The zero-order valence-electron chi connectivity index (χ0n) is 8.25. The van der Waals surface area contributed by atoms with Crippen LogP contribution in [0.5, 0.6) is 0 Å². The standard InChI is InChI=1S/C10H17NOS/c1-10(2,8-11)12-6-5-9-4-3-7-13-9/h3-4,7H,5-6,8,11H2,1-2H3. The third-order valence-corrected chi connectivity index (χ3v) is 2.85. The smallest absolute Gasteiger partial charge is 0.0748 e. The number of thiophene rings is 1. The Morgan fingerprint density at radius 1 is 1.54 bits per heavy atom. The Hall–Kier alpha value is -0.380. The summed E-state index contributed by atoms with van der Waals surface area (Å²) in [5.74, 6) is 0. The number of nitrogens with two attached hydrogens (primary N) is 1. The maximum Gasteiger partial charge on any atom is 0.0748 e. The van der Waals surface area contributed by atoms with Crippen LogP contribution in [0.1, 0.15) is 18.7 Å². The summed E-state index contributed by atoms with van der Waals surface area (Å²) in [5, 5.41) is 2.09. The van der Waals surface area contributed by atoms with E-state index >= 15 is 0 Å². The second-order valence-corrected chi connectivity index (χ2v) is 4.67. The minimum absolute atomic E-state index is 0.183. The average Bonchev–Trinajstić information content (AvgIpc) is 2.57. The van der Waals surface area contributed by atoms with Gasteiger partial charge in [-0.1, -0.05) is 6.07 Å². The molecular weight excluding hydrogens is 182 g/mol. The van der Waals surface area contributed by atoms with Crippen molar-refractivity contribution in [2.24, 2.45) is 5.73 Å². The van der Waals surface area contributed by atoms with Gasteiger partial charge in [0.1, 0.15) is 0 Å². The lowest BCUT2D eigenvalue weighted by Gasteiger charge is -2.22. The van der Waals surface area contributed by atoms with Crippen molar-refractivity contribution in [1.82, 2.24) is 0 Å². The number of hydrogen-bond acceptors (Lipinski definition) is 3. The lowest BCUT2D eigenvalue weighted by molar-refractivity contribution is -0.00830. The maximum absolute atomic E-state index is 5.63. The van der Waals surface area contributed by atoms with Crippen molar-refractivity contribution in [2.45, 2.75) is 25.9 Å². The maximum atomic E-state index is 5.63. The molecule has 0 aliphatic carbocycles. The van der Waals surface area contributed by atoms with Crippen LogP contribution < -0.4 is 5.73 Å². The molecule has 0 amide bonds. The van der Waals surface area contributed by atoms with Gasteiger partial charge in [0.25, 0.3) is 0 Å². The first-order valence-corrected chi connectivity index (χ1v) is 5.38. The van der Waals surface area contributed by atoms with Gasteiger partial charge in [0.15, 0.2) is 0 Å². The van der Waals surface area contributed by atoms with E-state index in [-0.39, 0.29) is 5.60 Å². The van der Waals surface area contributed by atoms with Gasteiger partial charge < -0.3 is 10.5 Å². The second kappa shape index (κ2) is 4.74. The Balaban J connectivity index is 2.21. The normalized spacial score (nSPS) is 11.9. The summed E-state index contributed by atoms with van der Waals surface area (Å²) in [4.78, 5) is 1.37. The molecule has 0 unspecified atom stereocenters. The Kier molecular flexibility index (Phi) is 3.90. The Morgan fingerprint density at radius 2 is 2.31 bits per heavy atom. The fourth-order valence-electron chi connectivity index (χ4n) is 0.942. The van der Waals surface area contributed by atoms with E-state index in [1.165, 1.54) is 4.88 Å². The number of hydrogen-bond donors (Lipinski definition) is 1. The topological polar surface area (TPSA) is 35.2 Å². The molecule has 0 aliphatic rings. The van der Waals surface area contributed by atoms with Crippen LogP contribution in [0.15, 0.2) is 17.5 Å². The van der Waals surface area contributed by atoms with Gasteiger partial charge in [-0.3, -0.25) is 0 Å². The van der Waals surface area contributed by atoms with E-state index in [1.54, 1.807) is 11.3 Å². The van der Waals surface area contributed by atoms with E-state index < -0.39 is 0 Å². The van der Waals surface area contributed by atoms with E-state index in [2.05, 4.69) is 17.5 Å². The Morgan fingerprint density at radius 3 is 2.85 bits per heavy atom. The molecule has 0 atom stereocenters. The van der Waals surface area contributed by atoms with Gasteiger partial charge in [-0.05, 0) is 25.3 Å². The molecule has 0 spiro atoms. The van der Waals surface area contributed by atoms with E-state index in [0.717, 1.165) is 13.0 Å². The Labute approximate surface area is 83.7 Å². The quantitative estimate of drug-likeness (QED) is 0.787. The van der Waals surface area contributed by atoms with Gasteiger partial charge >= 0.3 is 0 Å². The van der Waals surface area contributed by atoms with Crippen molar-refractivity contribution >= 4 is 11.3 Å². The first-order valence-electron chi connectivity index (χ1n) is 4.50. The van der Waals surface area contributed by atoms with Crippen molar-refractivity contribution < 1.29 is 4.74 Å². The highest BCUT2D eigenvalue weighted by atomic mass is 32.1. The van der Waals surface area contributed by atoms with Crippen LogP contribution in [0, 0.1) is 0 Å². The van der Waals surface area contributed by atoms with Gasteiger partial charge in [0.2, 0.25) is 0 Å². The summed E-state index contributed by atoms with van der Waals surface area (Å²) >= 11 is 1.77. The van der Waals surface area contributed by atoms with Crippen LogP contribution in [0.3, 0.4) is 0 Å². The lowest BCUT2D eigenvalue weighted by Crippen LogP contribution is -2.34. The summed E-state index contributed by atoms with van der Waals surface area (Å²) < 4.78 is 5.63. The molecule has 0 saturated carbocycles. The van der Waals surface area contributed by atoms with Crippen molar-refractivity contribution in [2.75, 3.05) is 13.2 Å². The zero-order chi connectivity index (χ0) is 9.73. The summed E-state index contributed by atoms with van der Waals surface area (Å²) in [6.45, 7) is 5.35. The SMILES string of the molecule is CC(C)(CN)OCCc1cccs1. The predicted molar refractivity (Wildman–Crippen MR) is 57.1 cm³/mol. The van der Waals surface area contributed by atoms with Crippen LogP contribution in [-0.4, -0.2) is 18.8 Å². The molecule has 0 aromatic carbocycles. The lowest BCUT2D eigenvalue weighted by atomic mass is 10.1. The predicted octanol–water partition coefficient (Wildman–Crippen LogP) is 2.04. The molecule has 0 fully saturated rings. The second-order valence-electron chi connectivity index (χ2n) is 3.64. The van der Waals surface area contributed by atoms with Crippen LogP contribution >= 0.6 is 11.3 Å². The molecule has 1 rings (SSSR count). The molecule has 3 heteroatoms. The van der Waals surface area contributed by atoms with E-state index in [1.807, 2.05) is 13.8 Å². The highest BCUT2D eigenvalue weighted by Gasteiger charge is 2.14. The molecule has 13 heavy (non-hydrogen) atoms. The molecular formula is C10H17NOS. The molecule has 1 aromatic rings. The molecule has 1 aromatic heterocycles. The third-order valence-electron chi connectivity index (χ3n) is 1.91. The van der Waals surface area contributed by atoms with Crippen molar-refractivity contribution in [3.05, 3.63) is 22.4 Å². The fourth-order valence-corrected chi connectivity index (χ4v) is 1.63. The first kappa shape index (κ1) is 10.7. The molecule has 2 N–H and O–H groups in total. The minimum atomic E-state index is -0.183. The largest absolute Gasteiger partial charge is 0.374 e. The first-order chi connectivity index (χ1) is 6.14. The molecule has 74 valence electrons. The van der Waals surface area contributed by atoms with Gasteiger partial charge in [-0.25, -0.2) is 0 Å². The molecule has 0 saturated heterocycles. The highest BCUT2D eigenvalue weighted by Crippen LogP contribution is 2.12. The number of rotatable bonds is 5. The van der Waals surface area contributed by atoms with Crippen LogP contribution in [0.4, 0.5) is 0 Å². The molecule has 0 aliphatic heterocycles. The monoisotopic (exact) mass is 199 g/mol. The highest BCUT2D eigenvalue weighted by molar-refractivity contribution is 7.09. The van der Waals surface area contributed by atoms with E-state index in [4.69, 9.17) is 10.5 Å². The van der Waals surface area contributed by atoms with Gasteiger partial charge in [0.05, 0.1) is 12.2 Å². The molecule has 2 nitrogen and oxygen atoms in total. The third kappa shape index (κ3) is 3.89. The molecule has 0 radical (unpaired) electrons. The number of ether oxygens (including phenoxy) is 1. The van der Waals surface area contributed by atoms with Crippen LogP contribution in [-0.2, 0) is 11.2 Å². The summed E-state index contributed by atoms with van der Waals surface area (Å²) in [7, 11) is 0. The average molecular weight is 199 g/mol. The summed E-state index contributed by atoms with van der Waals surface area (Å²) in [5.41, 5.74) is 5.36. The van der Waals surface area contributed by atoms with Crippen molar-refractivity contribution in [3.8, 4) is 0 Å². The van der Waals surface area contributed by atoms with E-state index in [9.17, 15) is 0 Å². The summed E-state index contributed by atoms with van der Waals surface area (Å²) in [6.07, 6.45) is 0.987. The van der Waals surface area contributed by atoms with Gasteiger partial charge in [0, 0.05) is 17.8 Å². The van der Waals surface area contributed by atoms with Gasteiger partial charge in [-0.2, -0.15) is 0 Å². The van der Waals surface area contributed by atoms with Crippen molar-refractivity contribution in [1.29, 1.82) is 0 Å². The Bertz CT molecular complexity index is 231.